The van der Waals surface area contributed by atoms with E-state index in [4.69, 9.17) is 0 Å². The first-order valence-electron chi connectivity index (χ1n) is 7.29. The number of nitrogens with one attached hydrogen (secondary N) is 3. The molecule has 1 aromatic carbocycles. The van der Waals surface area contributed by atoms with Crippen LogP contribution in [0.4, 0.5) is 0 Å². The van der Waals surface area contributed by atoms with Crippen LogP contribution >= 0.6 is 0 Å². The minimum Gasteiger partial charge on any atom is -0.327 e. The molecule has 0 aromatic heterocycles. The van der Waals surface area contributed by atoms with Crippen molar-refractivity contribution in [1.82, 2.24) is 15.8 Å². The number of piperazine rings is 1. The molecule has 22 heavy (non-hydrogen) atoms. The number of benzene rings is 1. The van der Waals surface area contributed by atoms with Crippen LogP contribution in [-0.2, 0) is 9.59 Å². The average molecular weight is 305 g/mol. The van der Waals surface area contributed by atoms with Crippen molar-refractivity contribution in [2.24, 2.45) is 0 Å². The lowest BCUT2D eigenvalue weighted by atomic mass is 10.2. The van der Waals surface area contributed by atoms with Crippen LogP contribution in [0.5, 0.6) is 0 Å². The summed E-state index contributed by atoms with van der Waals surface area (Å²) in [5, 5.41) is 0. The molecule has 1 aromatic rings. The van der Waals surface area contributed by atoms with E-state index in [1.807, 2.05) is 35.2 Å². The van der Waals surface area contributed by atoms with Gasteiger partial charge in [-0.2, -0.15) is 0 Å². The molecule has 1 aliphatic heterocycles. The molecular formula is C15H21N4O3+. The Balaban J connectivity index is 1.77. The van der Waals surface area contributed by atoms with Gasteiger partial charge in [0.1, 0.15) is 0 Å². The van der Waals surface area contributed by atoms with Gasteiger partial charge in [0.25, 0.3) is 11.8 Å². The van der Waals surface area contributed by atoms with E-state index in [0.717, 1.165) is 4.90 Å². The summed E-state index contributed by atoms with van der Waals surface area (Å²) in [6.45, 7) is 4.29. The molecule has 7 heteroatoms. The Bertz CT molecular complexity index is 539. The first-order chi connectivity index (χ1) is 10.6. The number of carbonyl (C=O) groups excluding carboxylic acids is 3. The zero-order valence-electron chi connectivity index (χ0n) is 12.6. The molecule has 0 bridgehead atoms. The maximum atomic E-state index is 12.3. The first-order valence-corrected chi connectivity index (χ1v) is 7.29. The number of nitrogens with zero attached hydrogens (tertiary/aromatic N) is 1. The van der Waals surface area contributed by atoms with Crippen molar-refractivity contribution in [2.75, 3.05) is 32.7 Å². The molecule has 1 fully saturated rings. The number of hydrazine groups is 1. The van der Waals surface area contributed by atoms with E-state index in [1.165, 1.54) is 6.92 Å². The van der Waals surface area contributed by atoms with Gasteiger partial charge in [0.2, 0.25) is 5.91 Å². The molecule has 0 spiro atoms. The van der Waals surface area contributed by atoms with Crippen molar-refractivity contribution in [1.29, 1.82) is 0 Å². The standard InChI is InChI=1S/C15H20N4O3/c1-12(20)16-17-14(21)11-18-7-9-19(10-8-18)15(22)13-5-3-2-4-6-13/h2-6H,7-11H2,1H3,(H,16,20)(H,17,21)/p+1. The Morgan fingerprint density at radius 3 is 2.32 bits per heavy atom. The van der Waals surface area contributed by atoms with E-state index in [1.54, 1.807) is 0 Å². The highest BCUT2D eigenvalue weighted by Crippen LogP contribution is 2.04. The minimum absolute atomic E-state index is 0.0300. The summed E-state index contributed by atoms with van der Waals surface area (Å²) in [5.41, 5.74) is 5.31. The van der Waals surface area contributed by atoms with Crippen LogP contribution in [0.1, 0.15) is 17.3 Å². The Morgan fingerprint density at radius 2 is 1.73 bits per heavy atom. The van der Waals surface area contributed by atoms with Crippen LogP contribution in [-0.4, -0.2) is 55.3 Å². The summed E-state index contributed by atoms with van der Waals surface area (Å²) in [6, 6.07) is 9.19. The maximum Gasteiger partial charge on any atom is 0.293 e. The molecule has 0 aliphatic carbocycles. The molecule has 1 aliphatic rings. The number of carbonyl (C=O) groups is 3. The van der Waals surface area contributed by atoms with Crippen molar-refractivity contribution in [3.05, 3.63) is 35.9 Å². The number of rotatable bonds is 3. The number of amides is 3. The van der Waals surface area contributed by atoms with Crippen molar-refractivity contribution in [3.63, 3.8) is 0 Å². The second-order valence-electron chi connectivity index (χ2n) is 5.31. The molecule has 2 rings (SSSR count). The van der Waals surface area contributed by atoms with Crippen LogP contribution in [0.3, 0.4) is 0 Å². The molecular weight excluding hydrogens is 284 g/mol. The summed E-state index contributed by atoms with van der Waals surface area (Å²) in [5.74, 6) is -0.503. The van der Waals surface area contributed by atoms with Crippen molar-refractivity contribution < 1.29 is 19.3 Å². The smallest absolute Gasteiger partial charge is 0.293 e. The number of hydrogen-bond donors (Lipinski definition) is 3. The largest absolute Gasteiger partial charge is 0.327 e. The highest BCUT2D eigenvalue weighted by atomic mass is 16.2. The number of quaternary nitrogens is 1. The molecule has 1 heterocycles. The molecule has 0 unspecified atom stereocenters. The third-order valence-corrected chi connectivity index (χ3v) is 3.57. The second-order valence-corrected chi connectivity index (χ2v) is 5.31. The molecule has 3 amide bonds. The Labute approximate surface area is 129 Å². The zero-order chi connectivity index (χ0) is 15.9. The highest BCUT2D eigenvalue weighted by molar-refractivity contribution is 5.94. The van der Waals surface area contributed by atoms with Crippen LogP contribution in [0, 0.1) is 0 Å². The van der Waals surface area contributed by atoms with Crippen molar-refractivity contribution in [3.8, 4) is 0 Å². The fourth-order valence-electron chi connectivity index (χ4n) is 2.40. The molecule has 3 N–H and O–H groups in total. The third kappa shape index (κ3) is 4.56. The lowest BCUT2D eigenvalue weighted by molar-refractivity contribution is -0.896. The molecule has 118 valence electrons. The van der Waals surface area contributed by atoms with Crippen molar-refractivity contribution in [2.45, 2.75) is 6.92 Å². The fourth-order valence-corrected chi connectivity index (χ4v) is 2.40. The van der Waals surface area contributed by atoms with Gasteiger partial charge in [0.05, 0.1) is 26.2 Å². The van der Waals surface area contributed by atoms with E-state index in [9.17, 15) is 14.4 Å². The Kier molecular flexibility index (Phi) is 5.48. The first kappa shape index (κ1) is 16.0. The molecule has 0 saturated carbocycles. The second kappa shape index (κ2) is 7.56. The van der Waals surface area contributed by atoms with E-state index in [-0.39, 0.29) is 24.3 Å². The van der Waals surface area contributed by atoms with Crippen LogP contribution in [0.15, 0.2) is 30.3 Å². The Morgan fingerprint density at radius 1 is 1.09 bits per heavy atom. The van der Waals surface area contributed by atoms with E-state index in [0.29, 0.717) is 31.7 Å². The SMILES string of the molecule is CC(=O)NNC(=O)C[NH+]1CCN(C(=O)c2ccccc2)CC1. The third-order valence-electron chi connectivity index (χ3n) is 3.57. The van der Waals surface area contributed by atoms with Gasteiger partial charge in [-0.15, -0.1) is 0 Å². The van der Waals surface area contributed by atoms with E-state index < -0.39 is 0 Å². The van der Waals surface area contributed by atoms with Gasteiger partial charge in [-0.05, 0) is 12.1 Å². The fraction of sp³-hybridized carbons (Fsp3) is 0.400. The minimum atomic E-state index is -0.304. The monoisotopic (exact) mass is 305 g/mol. The zero-order valence-corrected chi connectivity index (χ0v) is 12.6. The highest BCUT2D eigenvalue weighted by Gasteiger charge is 2.25. The van der Waals surface area contributed by atoms with Gasteiger partial charge in [0, 0.05) is 12.5 Å². The van der Waals surface area contributed by atoms with Crippen LogP contribution in [0.2, 0.25) is 0 Å². The average Bonchev–Trinajstić information content (AvgIpc) is 2.54. The summed E-state index contributed by atoms with van der Waals surface area (Å²) >= 11 is 0. The lowest BCUT2D eigenvalue weighted by Gasteiger charge is -2.31. The predicted molar refractivity (Wildman–Crippen MR) is 79.9 cm³/mol. The van der Waals surface area contributed by atoms with Gasteiger partial charge < -0.3 is 9.80 Å². The molecule has 7 nitrogen and oxygen atoms in total. The maximum absolute atomic E-state index is 12.3. The summed E-state index contributed by atoms with van der Waals surface area (Å²) in [7, 11) is 0. The summed E-state index contributed by atoms with van der Waals surface area (Å²) in [6.07, 6.45) is 0. The number of hydrogen-bond acceptors (Lipinski definition) is 3. The van der Waals surface area contributed by atoms with Crippen LogP contribution in [0.25, 0.3) is 0 Å². The van der Waals surface area contributed by atoms with Gasteiger partial charge in [0.15, 0.2) is 6.54 Å². The topological polar surface area (TPSA) is 82.9 Å². The van der Waals surface area contributed by atoms with E-state index in [2.05, 4.69) is 10.9 Å². The summed E-state index contributed by atoms with van der Waals surface area (Å²) in [4.78, 5) is 37.5. The van der Waals surface area contributed by atoms with Crippen molar-refractivity contribution >= 4 is 17.7 Å². The summed E-state index contributed by atoms with van der Waals surface area (Å²) < 4.78 is 0. The predicted octanol–water partition coefficient (Wildman–Crippen LogP) is -1.81. The molecule has 0 atom stereocenters. The van der Waals surface area contributed by atoms with E-state index >= 15 is 0 Å². The molecule has 1 saturated heterocycles. The molecule has 0 radical (unpaired) electrons. The Hall–Kier alpha value is -2.41. The quantitative estimate of drug-likeness (QED) is 0.576. The lowest BCUT2D eigenvalue weighted by Crippen LogP contribution is -3.16. The van der Waals surface area contributed by atoms with Crippen LogP contribution < -0.4 is 15.8 Å². The van der Waals surface area contributed by atoms with Gasteiger partial charge in [-0.25, -0.2) is 0 Å². The normalized spacial score (nSPS) is 15.2. The van der Waals surface area contributed by atoms with Gasteiger partial charge >= 0.3 is 0 Å². The van der Waals surface area contributed by atoms with Gasteiger partial charge in [-0.3, -0.25) is 25.2 Å². The van der Waals surface area contributed by atoms with Gasteiger partial charge in [-0.1, -0.05) is 18.2 Å².